The first-order valence-corrected chi connectivity index (χ1v) is 7.18. The minimum atomic E-state index is 0.411. The molecule has 19 heavy (non-hydrogen) atoms. The molecule has 1 atom stereocenters. The largest absolute Gasteiger partial charge is 0.313 e. The summed E-state index contributed by atoms with van der Waals surface area (Å²) in [6.45, 7) is 0. The molecule has 0 fully saturated rings. The lowest BCUT2D eigenvalue weighted by atomic mass is 10.1. The van der Waals surface area contributed by atoms with E-state index >= 15 is 0 Å². The van der Waals surface area contributed by atoms with Crippen LogP contribution in [0.25, 0.3) is 5.69 Å². The molecule has 0 saturated heterocycles. The second-order valence-electron chi connectivity index (χ2n) is 5.00. The fraction of sp³-hybridized carbons (Fsp3) is 0.400. The Hall–Kier alpha value is -1.32. The van der Waals surface area contributed by atoms with Gasteiger partial charge in [0.25, 0.3) is 0 Å². The summed E-state index contributed by atoms with van der Waals surface area (Å²) < 4.78 is 2.01. The quantitative estimate of drug-likeness (QED) is 0.850. The average Bonchev–Trinajstić information content (AvgIpc) is 2.73. The van der Waals surface area contributed by atoms with Crippen molar-refractivity contribution in [3.63, 3.8) is 0 Å². The van der Waals surface area contributed by atoms with Crippen LogP contribution in [0.5, 0.6) is 0 Å². The van der Waals surface area contributed by atoms with Crippen molar-refractivity contribution < 1.29 is 0 Å². The Labute approximate surface area is 118 Å². The third-order valence-electron chi connectivity index (χ3n) is 3.86. The molecule has 1 unspecified atom stereocenters. The lowest BCUT2D eigenvalue weighted by Gasteiger charge is -2.14. The van der Waals surface area contributed by atoms with Gasteiger partial charge in [0.2, 0.25) is 0 Å². The molecule has 0 spiro atoms. The topological polar surface area (TPSA) is 29.9 Å². The van der Waals surface area contributed by atoms with Gasteiger partial charge in [0.1, 0.15) is 0 Å². The smallest absolute Gasteiger partial charge is 0.0835 e. The Bertz CT molecular complexity index is 577. The molecule has 0 bridgehead atoms. The lowest BCUT2D eigenvalue weighted by molar-refractivity contribution is 0.533. The van der Waals surface area contributed by atoms with Gasteiger partial charge in [0, 0.05) is 17.3 Å². The fourth-order valence-corrected chi connectivity index (χ4v) is 3.07. The van der Waals surface area contributed by atoms with E-state index in [0.717, 1.165) is 17.1 Å². The van der Waals surface area contributed by atoms with E-state index in [1.807, 2.05) is 42.2 Å². The molecule has 1 heterocycles. The Balaban J connectivity index is 2.10. The molecule has 100 valence electrons. The summed E-state index contributed by atoms with van der Waals surface area (Å²) in [5, 5.41) is 8.70. The molecular weight excluding hydrogens is 258 g/mol. The van der Waals surface area contributed by atoms with Gasteiger partial charge in [-0.25, -0.2) is 4.68 Å². The lowest BCUT2D eigenvalue weighted by Crippen LogP contribution is -2.16. The first-order chi connectivity index (χ1) is 9.31. The third kappa shape index (κ3) is 2.28. The number of nitrogens with zero attached hydrogens (tertiary/aromatic N) is 2. The van der Waals surface area contributed by atoms with E-state index in [1.54, 1.807) is 0 Å². The SMILES string of the molecule is CNC1CCCCc2c1cnn2-c1ccccc1Cl. The highest BCUT2D eigenvalue weighted by atomic mass is 35.5. The third-order valence-corrected chi connectivity index (χ3v) is 4.18. The molecule has 3 nitrogen and oxygen atoms in total. The van der Waals surface area contributed by atoms with Crippen LogP contribution in [-0.4, -0.2) is 16.8 Å². The molecule has 4 heteroatoms. The zero-order chi connectivity index (χ0) is 13.2. The zero-order valence-corrected chi connectivity index (χ0v) is 11.8. The summed E-state index contributed by atoms with van der Waals surface area (Å²) in [5.74, 6) is 0. The second kappa shape index (κ2) is 5.35. The molecule has 1 aromatic carbocycles. The minimum absolute atomic E-state index is 0.411. The summed E-state index contributed by atoms with van der Waals surface area (Å²) >= 11 is 6.29. The summed E-state index contributed by atoms with van der Waals surface area (Å²) in [6, 6.07) is 8.30. The highest BCUT2D eigenvalue weighted by molar-refractivity contribution is 6.32. The monoisotopic (exact) mass is 275 g/mol. The highest BCUT2D eigenvalue weighted by Crippen LogP contribution is 2.31. The van der Waals surface area contributed by atoms with Crippen LogP contribution >= 0.6 is 11.6 Å². The Morgan fingerprint density at radius 3 is 2.95 bits per heavy atom. The van der Waals surface area contributed by atoms with E-state index in [0.29, 0.717) is 6.04 Å². The summed E-state index contributed by atoms with van der Waals surface area (Å²) in [6.07, 6.45) is 6.70. The van der Waals surface area contributed by atoms with Gasteiger partial charge in [-0.05, 0) is 38.4 Å². The van der Waals surface area contributed by atoms with Crippen molar-refractivity contribution in [3.8, 4) is 5.69 Å². The molecule has 1 aliphatic carbocycles. The minimum Gasteiger partial charge on any atom is -0.313 e. The molecule has 3 rings (SSSR count). The predicted molar refractivity (Wildman–Crippen MR) is 77.9 cm³/mol. The van der Waals surface area contributed by atoms with Crippen molar-refractivity contribution in [2.75, 3.05) is 7.05 Å². The number of halogens is 1. The fourth-order valence-electron chi connectivity index (χ4n) is 2.86. The second-order valence-corrected chi connectivity index (χ2v) is 5.40. The number of rotatable bonds is 2. The molecular formula is C15H18ClN3. The highest BCUT2D eigenvalue weighted by Gasteiger charge is 2.22. The maximum atomic E-state index is 6.29. The van der Waals surface area contributed by atoms with E-state index in [2.05, 4.69) is 10.4 Å². The summed E-state index contributed by atoms with van der Waals surface area (Å²) in [5.41, 5.74) is 3.59. The Kier molecular flexibility index (Phi) is 3.58. The maximum Gasteiger partial charge on any atom is 0.0835 e. The molecule has 0 aliphatic heterocycles. The number of benzene rings is 1. The number of nitrogens with one attached hydrogen (secondary N) is 1. The Morgan fingerprint density at radius 2 is 2.16 bits per heavy atom. The summed E-state index contributed by atoms with van der Waals surface area (Å²) in [7, 11) is 2.02. The van der Waals surface area contributed by atoms with Gasteiger partial charge in [-0.2, -0.15) is 5.10 Å². The van der Waals surface area contributed by atoms with Gasteiger partial charge in [-0.15, -0.1) is 0 Å². The molecule has 0 amide bonds. The molecule has 1 N–H and O–H groups in total. The van der Waals surface area contributed by atoms with Crippen molar-refractivity contribution in [2.24, 2.45) is 0 Å². The first-order valence-electron chi connectivity index (χ1n) is 6.80. The van der Waals surface area contributed by atoms with Gasteiger partial charge in [-0.3, -0.25) is 0 Å². The molecule has 0 radical (unpaired) electrons. The van der Waals surface area contributed by atoms with Gasteiger partial charge < -0.3 is 5.32 Å². The van der Waals surface area contributed by atoms with E-state index < -0.39 is 0 Å². The van der Waals surface area contributed by atoms with Crippen molar-refractivity contribution in [2.45, 2.75) is 31.7 Å². The van der Waals surface area contributed by atoms with Gasteiger partial charge in [-0.1, -0.05) is 30.2 Å². The normalized spacial score (nSPS) is 18.9. The van der Waals surface area contributed by atoms with Crippen LogP contribution in [0.15, 0.2) is 30.5 Å². The molecule has 1 aromatic heterocycles. The van der Waals surface area contributed by atoms with Gasteiger partial charge in [0.15, 0.2) is 0 Å². The van der Waals surface area contributed by atoms with Crippen LogP contribution < -0.4 is 5.32 Å². The van der Waals surface area contributed by atoms with E-state index in [9.17, 15) is 0 Å². The van der Waals surface area contributed by atoms with Crippen LogP contribution in [0.4, 0.5) is 0 Å². The maximum absolute atomic E-state index is 6.29. The van der Waals surface area contributed by atoms with Crippen LogP contribution in [0.3, 0.4) is 0 Å². The molecule has 0 saturated carbocycles. The van der Waals surface area contributed by atoms with Crippen LogP contribution in [0, 0.1) is 0 Å². The van der Waals surface area contributed by atoms with Crippen LogP contribution in [0.1, 0.15) is 36.6 Å². The average molecular weight is 276 g/mol. The van der Waals surface area contributed by atoms with Crippen molar-refractivity contribution >= 4 is 11.6 Å². The number of hydrogen-bond donors (Lipinski definition) is 1. The van der Waals surface area contributed by atoms with Gasteiger partial charge in [0.05, 0.1) is 16.9 Å². The van der Waals surface area contributed by atoms with E-state index in [4.69, 9.17) is 11.6 Å². The molecule has 1 aliphatic rings. The predicted octanol–water partition coefficient (Wildman–Crippen LogP) is 3.51. The number of fused-ring (bicyclic) bond motifs is 1. The number of hydrogen-bond acceptors (Lipinski definition) is 2. The van der Waals surface area contributed by atoms with Gasteiger partial charge >= 0.3 is 0 Å². The van der Waals surface area contributed by atoms with Crippen LogP contribution in [0.2, 0.25) is 5.02 Å². The zero-order valence-electron chi connectivity index (χ0n) is 11.1. The molecule has 2 aromatic rings. The Morgan fingerprint density at radius 1 is 1.32 bits per heavy atom. The van der Waals surface area contributed by atoms with Crippen molar-refractivity contribution in [1.29, 1.82) is 0 Å². The standard InChI is InChI=1S/C15H18ClN3/c1-17-13-7-3-5-8-14-11(13)10-18-19(14)15-9-4-2-6-12(15)16/h2,4,6,9-10,13,17H,3,5,7-8H2,1H3. The summed E-state index contributed by atoms with van der Waals surface area (Å²) in [4.78, 5) is 0. The van der Waals surface area contributed by atoms with E-state index in [-0.39, 0.29) is 0 Å². The number of aromatic nitrogens is 2. The van der Waals surface area contributed by atoms with E-state index in [1.165, 1.54) is 30.5 Å². The van der Waals surface area contributed by atoms with Crippen molar-refractivity contribution in [1.82, 2.24) is 15.1 Å². The number of para-hydroxylation sites is 1. The van der Waals surface area contributed by atoms with Crippen LogP contribution in [-0.2, 0) is 6.42 Å². The first kappa shape index (κ1) is 12.7. The van der Waals surface area contributed by atoms with Crippen molar-refractivity contribution in [3.05, 3.63) is 46.7 Å².